The highest BCUT2D eigenvalue weighted by Gasteiger charge is 2.51. The van der Waals surface area contributed by atoms with Crippen molar-refractivity contribution in [2.24, 2.45) is 0 Å². The number of para-hydroxylation sites is 1. The highest BCUT2D eigenvalue weighted by Crippen LogP contribution is 2.38. The summed E-state index contributed by atoms with van der Waals surface area (Å²) in [4.78, 5) is 14.8. The van der Waals surface area contributed by atoms with Crippen LogP contribution in [-0.4, -0.2) is 43.9 Å². The molecule has 8 heteroatoms. The van der Waals surface area contributed by atoms with Gasteiger partial charge in [-0.3, -0.25) is 4.79 Å². The van der Waals surface area contributed by atoms with Crippen molar-refractivity contribution in [3.05, 3.63) is 59.6 Å². The van der Waals surface area contributed by atoms with E-state index in [1.165, 1.54) is 10.4 Å². The number of nitrogens with one attached hydrogen (secondary N) is 1. The quantitative estimate of drug-likeness (QED) is 0.851. The maximum atomic E-state index is 13.0. The molecule has 0 unspecified atom stereocenters. The van der Waals surface area contributed by atoms with Gasteiger partial charge >= 0.3 is 0 Å². The molecule has 1 amide bonds. The monoisotopic (exact) mass is 405 g/mol. The van der Waals surface area contributed by atoms with Crippen molar-refractivity contribution >= 4 is 33.2 Å². The first kappa shape index (κ1) is 18.3. The average Bonchev–Trinajstić information content (AvgIpc) is 2.99. The Morgan fingerprint density at radius 2 is 1.59 bits per heavy atom. The zero-order chi connectivity index (χ0) is 19.1. The molecular weight excluding hydrogens is 386 g/mol. The molecule has 6 nitrogen and oxygen atoms in total. The first-order valence-corrected chi connectivity index (χ1v) is 10.6. The second-order valence-electron chi connectivity index (χ2n) is 6.79. The number of amides is 1. The van der Waals surface area contributed by atoms with E-state index in [1.807, 2.05) is 30.3 Å². The predicted octanol–water partition coefficient (Wildman–Crippen LogP) is 2.46. The maximum absolute atomic E-state index is 13.0. The molecule has 2 heterocycles. The molecule has 0 aromatic heterocycles. The summed E-state index contributed by atoms with van der Waals surface area (Å²) in [6.45, 7) is 0.967. The summed E-state index contributed by atoms with van der Waals surface area (Å²) in [5, 5.41) is 3.13. The zero-order valence-electron chi connectivity index (χ0n) is 14.6. The number of halogens is 1. The summed E-state index contributed by atoms with van der Waals surface area (Å²) in [7, 11) is -3.69. The van der Waals surface area contributed by atoms with Gasteiger partial charge in [-0.15, -0.1) is 0 Å². The molecule has 2 aliphatic rings. The second kappa shape index (κ2) is 6.82. The molecule has 0 atom stereocenters. The molecule has 4 rings (SSSR count). The van der Waals surface area contributed by atoms with Crippen molar-refractivity contribution in [2.75, 3.05) is 24.7 Å². The van der Waals surface area contributed by atoms with Crippen LogP contribution >= 0.6 is 11.6 Å². The minimum absolute atomic E-state index is 0.0406. The van der Waals surface area contributed by atoms with Gasteiger partial charge in [0.15, 0.2) is 0 Å². The molecule has 1 spiro atoms. The maximum Gasteiger partial charge on any atom is 0.247 e. The number of benzene rings is 2. The van der Waals surface area contributed by atoms with Gasteiger partial charge in [0.2, 0.25) is 15.9 Å². The summed E-state index contributed by atoms with van der Waals surface area (Å²) in [6, 6.07) is 16.2. The van der Waals surface area contributed by atoms with E-state index in [-0.39, 0.29) is 28.9 Å². The number of carbonyl (C=O) groups excluding carboxylic acids is 1. The summed E-state index contributed by atoms with van der Waals surface area (Å²) in [5.41, 5.74) is 0.242. The number of sulfonamides is 1. The largest absolute Gasteiger partial charge is 0.339 e. The van der Waals surface area contributed by atoms with Crippen molar-refractivity contribution < 1.29 is 13.2 Å². The minimum atomic E-state index is -3.69. The predicted molar refractivity (Wildman–Crippen MR) is 104 cm³/mol. The van der Waals surface area contributed by atoms with E-state index in [0.717, 1.165) is 5.69 Å². The molecule has 1 N–H and O–H groups in total. The van der Waals surface area contributed by atoms with Crippen LogP contribution in [0.4, 0.5) is 5.69 Å². The van der Waals surface area contributed by atoms with Crippen LogP contribution in [0.3, 0.4) is 0 Å². The Balaban J connectivity index is 1.59. The molecule has 0 radical (unpaired) electrons. The normalized spacial score (nSPS) is 20.0. The number of nitrogens with zero attached hydrogens (tertiary/aromatic N) is 2. The molecule has 0 aliphatic carbocycles. The third kappa shape index (κ3) is 2.99. The fourth-order valence-corrected chi connectivity index (χ4v) is 5.86. The number of rotatable bonds is 3. The van der Waals surface area contributed by atoms with Crippen LogP contribution in [0.25, 0.3) is 0 Å². The van der Waals surface area contributed by atoms with E-state index in [4.69, 9.17) is 11.6 Å². The number of hydrogen-bond acceptors (Lipinski definition) is 4. The fourth-order valence-electron chi connectivity index (χ4n) is 3.92. The van der Waals surface area contributed by atoms with Crippen LogP contribution in [0.1, 0.15) is 12.8 Å². The lowest BCUT2D eigenvalue weighted by Gasteiger charge is -2.42. The Morgan fingerprint density at radius 3 is 2.26 bits per heavy atom. The highest BCUT2D eigenvalue weighted by atomic mass is 35.5. The Bertz CT molecular complexity index is 957. The van der Waals surface area contributed by atoms with Gasteiger partial charge < -0.3 is 10.2 Å². The van der Waals surface area contributed by atoms with Gasteiger partial charge in [-0.1, -0.05) is 41.9 Å². The third-order valence-corrected chi connectivity index (χ3v) is 7.81. The second-order valence-corrected chi connectivity index (χ2v) is 9.11. The van der Waals surface area contributed by atoms with E-state index >= 15 is 0 Å². The molecule has 2 aromatic carbocycles. The summed E-state index contributed by atoms with van der Waals surface area (Å²) in [6.07, 6.45) is 0.856. The van der Waals surface area contributed by atoms with E-state index in [2.05, 4.69) is 10.2 Å². The molecule has 0 saturated carbocycles. The highest BCUT2D eigenvalue weighted by molar-refractivity contribution is 7.89. The van der Waals surface area contributed by atoms with Crippen LogP contribution in [0.2, 0.25) is 5.02 Å². The average molecular weight is 406 g/mol. The molecule has 2 fully saturated rings. The number of piperidine rings is 1. The summed E-state index contributed by atoms with van der Waals surface area (Å²) in [5.74, 6) is -0.0406. The lowest BCUT2D eigenvalue weighted by Crippen LogP contribution is -2.57. The van der Waals surface area contributed by atoms with Gasteiger partial charge in [-0.05, 0) is 37.1 Å². The number of carbonyl (C=O) groups is 1. The standard InChI is InChI=1S/C19H20ClN3O3S/c20-16-8-4-5-9-17(16)27(25,26)22-12-10-19(11-13-22)18(24)21-14-23(19)15-6-2-1-3-7-15/h1-9H,10-14H2,(H,21,24). The number of anilines is 1. The molecule has 2 aliphatic heterocycles. The fraction of sp³-hybridized carbons (Fsp3) is 0.316. The Morgan fingerprint density at radius 1 is 0.963 bits per heavy atom. The van der Waals surface area contributed by atoms with Gasteiger partial charge in [0.05, 0.1) is 11.7 Å². The Kier molecular flexibility index (Phi) is 4.61. The summed E-state index contributed by atoms with van der Waals surface area (Å²) >= 11 is 6.10. The van der Waals surface area contributed by atoms with E-state index in [9.17, 15) is 13.2 Å². The van der Waals surface area contributed by atoms with Crippen molar-refractivity contribution in [3.8, 4) is 0 Å². The molecule has 2 saturated heterocycles. The lowest BCUT2D eigenvalue weighted by molar-refractivity contribution is -0.124. The Labute approximate surface area is 163 Å². The number of hydrogen-bond donors (Lipinski definition) is 1. The summed E-state index contributed by atoms with van der Waals surface area (Å²) < 4.78 is 27.4. The van der Waals surface area contributed by atoms with Crippen LogP contribution in [0.15, 0.2) is 59.5 Å². The first-order chi connectivity index (χ1) is 12.9. The topological polar surface area (TPSA) is 69.7 Å². The minimum Gasteiger partial charge on any atom is -0.339 e. The molecule has 142 valence electrons. The molecule has 27 heavy (non-hydrogen) atoms. The van der Waals surface area contributed by atoms with Gasteiger partial charge in [0.1, 0.15) is 10.4 Å². The van der Waals surface area contributed by atoms with Crippen molar-refractivity contribution in [3.63, 3.8) is 0 Å². The first-order valence-electron chi connectivity index (χ1n) is 8.81. The van der Waals surface area contributed by atoms with Crippen LogP contribution in [0.5, 0.6) is 0 Å². The smallest absolute Gasteiger partial charge is 0.247 e. The van der Waals surface area contributed by atoms with Crippen molar-refractivity contribution in [1.82, 2.24) is 9.62 Å². The molecule has 2 aromatic rings. The van der Waals surface area contributed by atoms with Crippen LogP contribution in [-0.2, 0) is 14.8 Å². The van der Waals surface area contributed by atoms with Crippen molar-refractivity contribution in [1.29, 1.82) is 0 Å². The van der Waals surface area contributed by atoms with Gasteiger partial charge in [0, 0.05) is 18.8 Å². The van der Waals surface area contributed by atoms with Crippen molar-refractivity contribution in [2.45, 2.75) is 23.3 Å². The van der Waals surface area contributed by atoms with Gasteiger partial charge in [-0.2, -0.15) is 4.31 Å². The van der Waals surface area contributed by atoms with E-state index < -0.39 is 15.6 Å². The lowest BCUT2D eigenvalue weighted by atomic mass is 9.86. The molecular formula is C19H20ClN3O3S. The zero-order valence-corrected chi connectivity index (χ0v) is 16.2. The van der Waals surface area contributed by atoms with Crippen LogP contribution in [0, 0.1) is 0 Å². The van der Waals surface area contributed by atoms with Gasteiger partial charge in [-0.25, -0.2) is 8.42 Å². The van der Waals surface area contributed by atoms with Crippen LogP contribution < -0.4 is 10.2 Å². The van der Waals surface area contributed by atoms with E-state index in [1.54, 1.807) is 18.2 Å². The molecule has 0 bridgehead atoms. The SMILES string of the molecule is O=C1NCN(c2ccccc2)C12CCN(S(=O)(=O)c1ccccc1Cl)CC2. The Hall–Kier alpha value is -2.09. The third-order valence-electron chi connectivity index (χ3n) is 5.41. The van der Waals surface area contributed by atoms with E-state index in [0.29, 0.717) is 19.5 Å². The van der Waals surface area contributed by atoms with Gasteiger partial charge in [0.25, 0.3) is 0 Å².